The predicted molar refractivity (Wildman–Crippen MR) is 56.1 cm³/mol. The van der Waals surface area contributed by atoms with E-state index in [0.717, 1.165) is 0 Å². The van der Waals surface area contributed by atoms with E-state index in [0.29, 0.717) is 20.6 Å². The lowest BCUT2D eigenvalue weighted by molar-refractivity contribution is 0.945. The van der Waals surface area contributed by atoms with Crippen LogP contribution in [-0.4, -0.2) is 9.97 Å². The number of nitriles is 2. The van der Waals surface area contributed by atoms with Gasteiger partial charge in [0, 0.05) is 0 Å². The molecule has 6 heteroatoms. The van der Waals surface area contributed by atoms with E-state index in [9.17, 15) is 0 Å². The fourth-order valence-electron chi connectivity index (χ4n) is 0.845. The van der Waals surface area contributed by atoms with Crippen LogP contribution < -0.4 is 0 Å². The summed E-state index contributed by atoms with van der Waals surface area (Å²) in [7, 11) is 0. The quantitative estimate of drug-likeness (QED) is 0.838. The van der Waals surface area contributed by atoms with Gasteiger partial charge in [-0.15, -0.1) is 0 Å². The maximum Gasteiger partial charge on any atom is 0.130 e. The summed E-state index contributed by atoms with van der Waals surface area (Å²) in [5.74, 6) is 0. The summed E-state index contributed by atoms with van der Waals surface area (Å²) >= 11 is 6.39. The van der Waals surface area contributed by atoms with Crippen molar-refractivity contribution in [3.8, 4) is 12.1 Å². The van der Waals surface area contributed by atoms with Crippen molar-refractivity contribution < 1.29 is 0 Å². The molecule has 0 amide bonds. The number of hydrogen-bond donors (Lipinski definition) is 0. The third-order valence-corrected chi connectivity index (χ3v) is 2.71. The molecule has 0 fully saturated rings. The Labute approximate surface area is 97.9 Å². The van der Waals surface area contributed by atoms with E-state index in [2.05, 4.69) is 41.8 Å². The van der Waals surface area contributed by atoms with Gasteiger partial charge in [0.15, 0.2) is 0 Å². The molecule has 0 unspecified atom stereocenters. The van der Waals surface area contributed by atoms with Crippen LogP contribution in [0.4, 0.5) is 0 Å². The molecule has 1 aromatic heterocycles. The minimum absolute atomic E-state index is 0.180. The van der Waals surface area contributed by atoms with Crippen LogP contribution in [0, 0.1) is 22.7 Å². The van der Waals surface area contributed by atoms with E-state index < -0.39 is 0 Å². The first-order valence-electron chi connectivity index (χ1n) is 3.63. The third kappa shape index (κ3) is 2.50. The van der Waals surface area contributed by atoms with Crippen molar-refractivity contribution in [2.75, 3.05) is 0 Å². The number of hydrogen-bond acceptors (Lipinski definition) is 4. The Balaban J connectivity index is 3.16. The van der Waals surface area contributed by atoms with Crippen LogP contribution in [0.15, 0.2) is 9.21 Å². The van der Waals surface area contributed by atoms with Gasteiger partial charge in [0.1, 0.15) is 9.21 Å². The minimum atomic E-state index is 0.180. The molecule has 1 rings (SSSR count). The second-order valence-corrected chi connectivity index (χ2v) is 3.87. The normalized spacial score (nSPS) is 9.14. The number of nitrogens with zero attached hydrogens (tertiary/aromatic N) is 4. The van der Waals surface area contributed by atoms with Crippen LogP contribution in [-0.2, 0) is 12.8 Å². The number of halogens is 2. The van der Waals surface area contributed by atoms with Gasteiger partial charge < -0.3 is 0 Å². The van der Waals surface area contributed by atoms with Gasteiger partial charge in [-0.25, -0.2) is 4.98 Å². The van der Waals surface area contributed by atoms with Crippen LogP contribution in [0.25, 0.3) is 0 Å². The van der Waals surface area contributed by atoms with Gasteiger partial charge in [-0.3, -0.25) is 4.98 Å². The summed E-state index contributed by atoms with van der Waals surface area (Å²) in [5, 5.41) is 17.0. The van der Waals surface area contributed by atoms with Gasteiger partial charge in [0.2, 0.25) is 0 Å². The smallest absolute Gasteiger partial charge is 0.130 e. The van der Waals surface area contributed by atoms with E-state index in [1.54, 1.807) is 0 Å². The van der Waals surface area contributed by atoms with E-state index in [-0.39, 0.29) is 12.8 Å². The monoisotopic (exact) mass is 314 g/mol. The standard InChI is InChI=1S/C8H4Br2N4/c9-7-5(1-3-11)13-6(2-4-12)8(10)14-7/h1-2H2. The topological polar surface area (TPSA) is 73.4 Å². The Morgan fingerprint density at radius 2 is 1.36 bits per heavy atom. The second kappa shape index (κ2) is 5.04. The van der Waals surface area contributed by atoms with E-state index >= 15 is 0 Å². The van der Waals surface area contributed by atoms with E-state index in [1.807, 2.05) is 12.1 Å². The summed E-state index contributed by atoms with van der Waals surface area (Å²) in [6.07, 6.45) is 0.360. The van der Waals surface area contributed by atoms with Crippen LogP contribution in [0.2, 0.25) is 0 Å². The highest BCUT2D eigenvalue weighted by Gasteiger charge is 2.09. The molecule has 0 atom stereocenters. The maximum absolute atomic E-state index is 8.52. The molecule has 0 N–H and O–H groups in total. The van der Waals surface area contributed by atoms with Crippen molar-refractivity contribution in [2.24, 2.45) is 0 Å². The largest absolute Gasteiger partial charge is 0.250 e. The number of aromatic nitrogens is 2. The van der Waals surface area contributed by atoms with Crippen LogP contribution in [0.3, 0.4) is 0 Å². The summed E-state index contributed by atoms with van der Waals surface area (Å²) in [4.78, 5) is 8.23. The first-order valence-corrected chi connectivity index (χ1v) is 5.22. The van der Waals surface area contributed by atoms with Crippen molar-refractivity contribution in [3.63, 3.8) is 0 Å². The van der Waals surface area contributed by atoms with Crippen LogP contribution in [0.1, 0.15) is 11.4 Å². The molecule has 1 aromatic rings. The second-order valence-electron chi connectivity index (χ2n) is 2.37. The predicted octanol–water partition coefficient (Wildman–Crippen LogP) is 2.13. The average Bonchev–Trinajstić information content (AvgIpc) is 2.14. The Hall–Kier alpha value is -0.980. The van der Waals surface area contributed by atoms with Gasteiger partial charge in [-0.2, -0.15) is 10.5 Å². The van der Waals surface area contributed by atoms with Crippen LogP contribution in [0.5, 0.6) is 0 Å². The highest BCUT2D eigenvalue weighted by molar-refractivity contribution is 9.11. The van der Waals surface area contributed by atoms with Gasteiger partial charge in [-0.05, 0) is 31.9 Å². The average molecular weight is 316 g/mol. The zero-order valence-electron chi connectivity index (χ0n) is 6.96. The Morgan fingerprint density at radius 3 is 1.71 bits per heavy atom. The Bertz CT molecular complexity index is 393. The zero-order chi connectivity index (χ0) is 10.6. The van der Waals surface area contributed by atoms with Gasteiger partial charge in [0.05, 0.1) is 36.4 Å². The highest BCUT2D eigenvalue weighted by Crippen LogP contribution is 2.19. The summed E-state index contributed by atoms with van der Waals surface area (Å²) in [5.41, 5.74) is 1.11. The third-order valence-electron chi connectivity index (χ3n) is 1.44. The lowest BCUT2D eigenvalue weighted by Crippen LogP contribution is -2.00. The molecule has 14 heavy (non-hydrogen) atoms. The van der Waals surface area contributed by atoms with E-state index in [1.165, 1.54) is 0 Å². The molecule has 0 aliphatic rings. The molecule has 70 valence electrons. The molecule has 0 spiro atoms. The van der Waals surface area contributed by atoms with Crippen molar-refractivity contribution in [2.45, 2.75) is 12.8 Å². The molecule has 4 nitrogen and oxygen atoms in total. The van der Waals surface area contributed by atoms with Crippen molar-refractivity contribution in [3.05, 3.63) is 20.6 Å². The molecular formula is C8H4Br2N4. The van der Waals surface area contributed by atoms with Crippen LogP contribution >= 0.6 is 31.9 Å². The molecule has 0 saturated heterocycles. The highest BCUT2D eigenvalue weighted by atomic mass is 79.9. The maximum atomic E-state index is 8.52. The summed E-state index contributed by atoms with van der Waals surface area (Å²) in [6.45, 7) is 0. The fraction of sp³-hybridized carbons (Fsp3) is 0.250. The number of rotatable bonds is 2. The molecule has 0 saturated carbocycles. The molecule has 0 radical (unpaired) electrons. The van der Waals surface area contributed by atoms with Crippen molar-refractivity contribution in [1.82, 2.24) is 9.97 Å². The summed E-state index contributed by atoms with van der Waals surface area (Å²) < 4.78 is 1.07. The minimum Gasteiger partial charge on any atom is -0.250 e. The first-order chi connectivity index (χ1) is 6.69. The molecule has 0 aliphatic heterocycles. The van der Waals surface area contributed by atoms with Crippen molar-refractivity contribution >= 4 is 31.9 Å². The molecule has 0 aliphatic carbocycles. The van der Waals surface area contributed by atoms with Gasteiger partial charge in [0.25, 0.3) is 0 Å². The van der Waals surface area contributed by atoms with E-state index in [4.69, 9.17) is 10.5 Å². The molecule has 0 bridgehead atoms. The van der Waals surface area contributed by atoms with Gasteiger partial charge >= 0.3 is 0 Å². The fourth-order valence-corrected chi connectivity index (χ4v) is 1.90. The van der Waals surface area contributed by atoms with Gasteiger partial charge in [-0.1, -0.05) is 0 Å². The Kier molecular flexibility index (Phi) is 3.99. The SMILES string of the molecule is N#CCc1nc(CC#N)c(Br)nc1Br. The molecule has 1 heterocycles. The summed E-state index contributed by atoms with van der Waals surface area (Å²) in [6, 6.07) is 3.97. The van der Waals surface area contributed by atoms with Crippen molar-refractivity contribution in [1.29, 1.82) is 10.5 Å². The Morgan fingerprint density at radius 1 is 0.929 bits per heavy atom. The lowest BCUT2D eigenvalue weighted by Gasteiger charge is -2.02. The molecule has 0 aromatic carbocycles. The molecular weight excluding hydrogens is 312 g/mol. The first kappa shape index (κ1) is 11.1. The lowest BCUT2D eigenvalue weighted by atomic mass is 10.3. The zero-order valence-corrected chi connectivity index (χ0v) is 10.1.